The van der Waals surface area contributed by atoms with Gasteiger partial charge in [-0.2, -0.15) is 0 Å². The van der Waals surface area contributed by atoms with E-state index < -0.39 is 11.6 Å². The predicted molar refractivity (Wildman–Crippen MR) is 102 cm³/mol. The van der Waals surface area contributed by atoms with Crippen molar-refractivity contribution < 1.29 is 19.4 Å². The molecule has 1 aromatic carbocycles. The highest BCUT2D eigenvalue weighted by atomic mass is 16.5. The Morgan fingerprint density at radius 3 is 2.37 bits per heavy atom. The molecule has 0 radical (unpaired) electrons. The normalized spacial score (nSPS) is 15.9. The first-order valence-electron chi connectivity index (χ1n) is 8.75. The number of nitrogens with zero attached hydrogens (tertiary/aromatic N) is 4. The van der Waals surface area contributed by atoms with Gasteiger partial charge in [0.15, 0.2) is 23.1 Å². The third kappa shape index (κ3) is 3.74. The smallest absolute Gasteiger partial charge is 0.348 e. The minimum Gasteiger partial charge on any atom is -0.493 e. The molecule has 2 aromatic rings. The zero-order chi connectivity index (χ0) is 19.4. The van der Waals surface area contributed by atoms with E-state index in [4.69, 9.17) is 9.47 Å². The summed E-state index contributed by atoms with van der Waals surface area (Å²) in [7, 11) is 5.35. The van der Waals surface area contributed by atoms with Crippen LogP contribution in [0.4, 0.5) is 11.6 Å². The number of carboxylic acids is 1. The number of aromatic nitrogens is 2. The molecule has 0 saturated carbocycles. The number of anilines is 2. The van der Waals surface area contributed by atoms with Crippen LogP contribution in [0.2, 0.25) is 0 Å². The van der Waals surface area contributed by atoms with Crippen molar-refractivity contribution in [1.29, 1.82) is 0 Å². The molecule has 0 spiro atoms. The fourth-order valence-corrected chi connectivity index (χ4v) is 3.21. The summed E-state index contributed by atoms with van der Waals surface area (Å²) in [5.74, 6) is 1.48. The van der Waals surface area contributed by atoms with Gasteiger partial charge in [-0.1, -0.05) is 12.1 Å². The van der Waals surface area contributed by atoms with Crippen LogP contribution in [0.15, 0.2) is 36.7 Å². The second kappa shape index (κ2) is 7.69. The number of carboxylic acid groups (broad SMARTS) is 1. The second-order valence-electron chi connectivity index (χ2n) is 6.64. The summed E-state index contributed by atoms with van der Waals surface area (Å²) in [5, 5.41) is 9.89. The van der Waals surface area contributed by atoms with Crippen LogP contribution in [0.5, 0.6) is 11.5 Å². The van der Waals surface area contributed by atoms with Gasteiger partial charge in [0.25, 0.3) is 0 Å². The maximum absolute atomic E-state index is 12.1. The van der Waals surface area contributed by atoms with Crippen LogP contribution in [-0.2, 0) is 4.79 Å². The summed E-state index contributed by atoms with van der Waals surface area (Å²) in [6.07, 6.45) is 3.94. The number of methoxy groups -OCH3 is 1. The average Bonchev–Trinajstić information content (AvgIpc) is 2.69. The Hall–Kier alpha value is -3.03. The molecule has 0 unspecified atom stereocenters. The molecule has 1 saturated heterocycles. The third-order valence-corrected chi connectivity index (χ3v) is 4.72. The zero-order valence-corrected chi connectivity index (χ0v) is 15.8. The van der Waals surface area contributed by atoms with Gasteiger partial charge < -0.3 is 24.4 Å². The van der Waals surface area contributed by atoms with Crippen molar-refractivity contribution in [3.05, 3.63) is 36.7 Å². The molecule has 0 aliphatic carbocycles. The number of piperidine rings is 1. The summed E-state index contributed by atoms with van der Waals surface area (Å²) in [5.41, 5.74) is -1.30. The minimum absolute atomic E-state index is 0.323. The highest BCUT2D eigenvalue weighted by molar-refractivity contribution is 5.79. The summed E-state index contributed by atoms with van der Waals surface area (Å²) in [6, 6.07) is 7.09. The highest BCUT2D eigenvalue weighted by Gasteiger charge is 2.45. The number of carbonyl (C=O) groups is 1. The van der Waals surface area contributed by atoms with E-state index in [2.05, 4.69) is 14.9 Å². The van der Waals surface area contributed by atoms with Gasteiger partial charge in [0.1, 0.15) is 0 Å². The minimum atomic E-state index is -1.30. The first kappa shape index (κ1) is 18.8. The maximum Gasteiger partial charge on any atom is 0.348 e. The molecule has 0 amide bonds. The van der Waals surface area contributed by atoms with Crippen LogP contribution in [0, 0.1) is 0 Å². The van der Waals surface area contributed by atoms with Crippen LogP contribution >= 0.6 is 0 Å². The van der Waals surface area contributed by atoms with E-state index in [-0.39, 0.29) is 0 Å². The van der Waals surface area contributed by atoms with Crippen molar-refractivity contribution in [3.8, 4) is 11.5 Å². The van der Waals surface area contributed by atoms with Gasteiger partial charge in [-0.15, -0.1) is 0 Å². The predicted octanol–water partition coefficient (Wildman–Crippen LogP) is 2.05. The molecule has 1 aliphatic heterocycles. The standard InChI is InChI=1S/C19H24N4O4/c1-22(2)16-17(21-11-10-20-16)23-12-8-19(9-13-23,18(24)25)27-15-7-5-4-6-14(15)26-3/h4-7,10-11H,8-9,12-13H2,1-3H3,(H,24,25). The fraction of sp³-hybridized carbons (Fsp3) is 0.421. The van der Waals surface area contributed by atoms with Gasteiger partial charge in [0, 0.05) is 52.4 Å². The van der Waals surface area contributed by atoms with Gasteiger partial charge in [0.2, 0.25) is 5.60 Å². The van der Waals surface area contributed by atoms with Gasteiger partial charge in [-0.05, 0) is 12.1 Å². The molecule has 1 aliphatic rings. The molecular weight excluding hydrogens is 348 g/mol. The summed E-state index contributed by atoms with van der Waals surface area (Å²) in [4.78, 5) is 24.8. The van der Waals surface area contributed by atoms with E-state index in [1.807, 2.05) is 25.1 Å². The van der Waals surface area contributed by atoms with Crippen molar-refractivity contribution in [2.75, 3.05) is 44.1 Å². The van der Waals surface area contributed by atoms with Crippen LogP contribution in [0.25, 0.3) is 0 Å². The second-order valence-corrected chi connectivity index (χ2v) is 6.64. The van der Waals surface area contributed by atoms with Crippen molar-refractivity contribution in [3.63, 3.8) is 0 Å². The third-order valence-electron chi connectivity index (χ3n) is 4.72. The number of aliphatic carboxylic acids is 1. The SMILES string of the molecule is COc1ccccc1OC1(C(=O)O)CCN(c2nccnc2N(C)C)CC1. The van der Waals surface area contributed by atoms with Crippen LogP contribution in [0.3, 0.4) is 0 Å². The molecule has 0 bridgehead atoms. The van der Waals surface area contributed by atoms with Gasteiger partial charge in [0.05, 0.1) is 7.11 Å². The molecule has 2 heterocycles. The van der Waals surface area contributed by atoms with Crippen molar-refractivity contribution >= 4 is 17.6 Å². The Kier molecular flexibility index (Phi) is 5.34. The summed E-state index contributed by atoms with van der Waals surface area (Å²) < 4.78 is 11.3. The van der Waals surface area contributed by atoms with E-state index in [9.17, 15) is 9.90 Å². The monoisotopic (exact) mass is 372 g/mol. The molecule has 1 N–H and O–H groups in total. The molecule has 8 heteroatoms. The summed E-state index contributed by atoms with van der Waals surface area (Å²) in [6.45, 7) is 1.00. The Labute approximate surface area is 158 Å². The lowest BCUT2D eigenvalue weighted by atomic mass is 9.91. The Morgan fingerprint density at radius 2 is 1.78 bits per heavy atom. The van der Waals surface area contributed by atoms with Gasteiger partial charge in [-0.3, -0.25) is 0 Å². The topological polar surface area (TPSA) is 88.0 Å². The lowest BCUT2D eigenvalue weighted by molar-refractivity contribution is -0.157. The van der Waals surface area contributed by atoms with Gasteiger partial charge >= 0.3 is 5.97 Å². The zero-order valence-electron chi connectivity index (χ0n) is 15.8. The maximum atomic E-state index is 12.1. The molecule has 8 nitrogen and oxygen atoms in total. The molecule has 144 valence electrons. The first-order valence-corrected chi connectivity index (χ1v) is 8.75. The van der Waals surface area contributed by atoms with E-state index in [1.54, 1.807) is 30.6 Å². The Morgan fingerprint density at radius 1 is 1.15 bits per heavy atom. The molecule has 0 atom stereocenters. The lowest BCUT2D eigenvalue weighted by Crippen LogP contribution is -2.53. The highest BCUT2D eigenvalue weighted by Crippen LogP contribution is 2.36. The quantitative estimate of drug-likeness (QED) is 0.824. The van der Waals surface area contributed by atoms with E-state index >= 15 is 0 Å². The number of rotatable bonds is 6. The van der Waals surface area contributed by atoms with Crippen molar-refractivity contribution in [2.24, 2.45) is 0 Å². The molecule has 27 heavy (non-hydrogen) atoms. The molecule has 1 aromatic heterocycles. The van der Waals surface area contributed by atoms with E-state index in [0.717, 1.165) is 11.6 Å². The first-order chi connectivity index (χ1) is 13.0. The van der Waals surface area contributed by atoms with Crippen molar-refractivity contribution in [2.45, 2.75) is 18.4 Å². The molecular formula is C19H24N4O4. The van der Waals surface area contributed by atoms with Crippen LogP contribution < -0.4 is 19.3 Å². The average molecular weight is 372 g/mol. The Bertz CT molecular complexity index is 804. The van der Waals surface area contributed by atoms with Crippen LogP contribution in [-0.4, -0.2) is 60.9 Å². The molecule has 3 rings (SSSR count). The Balaban J connectivity index is 1.81. The van der Waals surface area contributed by atoms with E-state index in [1.165, 1.54) is 7.11 Å². The largest absolute Gasteiger partial charge is 0.493 e. The molecule has 1 fully saturated rings. The van der Waals surface area contributed by atoms with Crippen LogP contribution in [0.1, 0.15) is 12.8 Å². The number of hydrogen-bond acceptors (Lipinski definition) is 7. The number of ether oxygens (including phenoxy) is 2. The number of benzene rings is 1. The number of para-hydroxylation sites is 2. The van der Waals surface area contributed by atoms with E-state index in [0.29, 0.717) is 37.4 Å². The fourth-order valence-electron chi connectivity index (χ4n) is 3.21. The summed E-state index contributed by atoms with van der Waals surface area (Å²) >= 11 is 0. The van der Waals surface area contributed by atoms with Crippen molar-refractivity contribution in [1.82, 2.24) is 9.97 Å². The van der Waals surface area contributed by atoms with Gasteiger partial charge in [-0.25, -0.2) is 14.8 Å². The number of hydrogen-bond donors (Lipinski definition) is 1. The lowest BCUT2D eigenvalue weighted by Gasteiger charge is -2.40.